The second-order valence-electron chi connectivity index (χ2n) is 5.04. The fourth-order valence-corrected chi connectivity index (χ4v) is 1.49. The number of hydrogen-bond donors (Lipinski definition) is 2. The molecule has 0 bridgehead atoms. The van der Waals surface area contributed by atoms with E-state index in [1.54, 1.807) is 7.11 Å². The van der Waals surface area contributed by atoms with Gasteiger partial charge in [0, 0.05) is 31.6 Å². The number of hydrogen-bond acceptors (Lipinski definition) is 4. The van der Waals surface area contributed by atoms with Crippen molar-refractivity contribution >= 4 is 17.7 Å². The minimum Gasteiger partial charge on any atom is -0.382 e. The van der Waals surface area contributed by atoms with Gasteiger partial charge in [0.05, 0.1) is 19.8 Å². The molecule has 0 saturated heterocycles. The Bertz CT molecular complexity index is 261. The predicted octanol–water partition coefficient (Wildman–Crippen LogP) is 1.74. The summed E-state index contributed by atoms with van der Waals surface area (Å²) in [5, 5.41) is 6.59. The first-order chi connectivity index (χ1) is 9.55. The summed E-state index contributed by atoms with van der Waals surface area (Å²) in [5.41, 5.74) is 0. The van der Waals surface area contributed by atoms with Crippen LogP contribution < -0.4 is 10.6 Å². The van der Waals surface area contributed by atoms with Crippen LogP contribution in [-0.2, 0) is 9.47 Å². The highest BCUT2D eigenvalue weighted by Gasteiger charge is 2.15. The van der Waals surface area contributed by atoms with E-state index in [1.807, 2.05) is 11.8 Å². The van der Waals surface area contributed by atoms with Crippen molar-refractivity contribution in [2.24, 2.45) is 4.99 Å². The summed E-state index contributed by atoms with van der Waals surface area (Å²) in [4.78, 5) is 4.62. The van der Waals surface area contributed by atoms with Gasteiger partial charge in [0.2, 0.25) is 0 Å². The molecule has 0 spiro atoms. The first-order valence-corrected chi connectivity index (χ1v) is 8.42. The molecule has 0 aromatic heterocycles. The minimum absolute atomic E-state index is 0.172. The summed E-state index contributed by atoms with van der Waals surface area (Å²) >= 11 is 1.83. The van der Waals surface area contributed by atoms with Crippen LogP contribution in [0.3, 0.4) is 0 Å². The van der Waals surface area contributed by atoms with Gasteiger partial charge in [-0.15, -0.1) is 0 Å². The minimum atomic E-state index is 0.172. The van der Waals surface area contributed by atoms with E-state index >= 15 is 0 Å². The molecule has 20 heavy (non-hydrogen) atoms. The highest BCUT2D eigenvalue weighted by molar-refractivity contribution is 7.99. The largest absolute Gasteiger partial charge is 0.382 e. The van der Waals surface area contributed by atoms with Crippen molar-refractivity contribution in [3.8, 4) is 0 Å². The van der Waals surface area contributed by atoms with Gasteiger partial charge in [0.25, 0.3) is 0 Å². The molecular weight excluding hydrogens is 274 g/mol. The van der Waals surface area contributed by atoms with Gasteiger partial charge in [-0.1, -0.05) is 0 Å². The molecule has 0 aliphatic heterocycles. The van der Waals surface area contributed by atoms with Crippen LogP contribution in [0.2, 0.25) is 0 Å². The summed E-state index contributed by atoms with van der Waals surface area (Å²) in [6.07, 6.45) is 3.08. The summed E-state index contributed by atoms with van der Waals surface area (Å²) < 4.78 is 10.5. The van der Waals surface area contributed by atoms with Gasteiger partial charge in [0.1, 0.15) is 0 Å². The van der Waals surface area contributed by atoms with E-state index in [0.717, 1.165) is 38.6 Å². The third kappa shape index (κ3) is 11.4. The lowest BCUT2D eigenvalue weighted by Crippen LogP contribution is -2.39. The molecule has 5 nitrogen and oxygen atoms in total. The molecule has 120 valence electrons. The summed E-state index contributed by atoms with van der Waals surface area (Å²) in [7, 11) is 1.68. The molecule has 6 heteroatoms. The number of nitrogens with one attached hydrogen (secondary N) is 2. The lowest BCUT2D eigenvalue weighted by Gasteiger charge is -2.20. The highest BCUT2D eigenvalue weighted by atomic mass is 32.2. The van der Waals surface area contributed by atoms with Gasteiger partial charge in [-0.3, -0.25) is 4.99 Å². The molecule has 0 aliphatic carbocycles. The third-order valence-electron chi connectivity index (χ3n) is 2.70. The van der Waals surface area contributed by atoms with Crippen LogP contribution in [0.4, 0.5) is 0 Å². The van der Waals surface area contributed by atoms with Crippen LogP contribution in [0.1, 0.15) is 27.2 Å². The molecule has 0 aromatic rings. The molecule has 0 fully saturated rings. The molecule has 0 saturated carbocycles. The normalized spacial score (nSPS) is 12.6. The zero-order chi connectivity index (χ0) is 15.3. The zero-order valence-corrected chi connectivity index (χ0v) is 14.4. The van der Waals surface area contributed by atoms with Gasteiger partial charge in [0.15, 0.2) is 5.96 Å². The van der Waals surface area contributed by atoms with Crippen LogP contribution in [-0.4, -0.2) is 63.5 Å². The van der Waals surface area contributed by atoms with Crippen LogP contribution in [0, 0.1) is 0 Å². The maximum absolute atomic E-state index is 5.42. The number of nitrogens with zero attached hydrogens (tertiary/aromatic N) is 1. The molecule has 0 aromatic carbocycles. The van der Waals surface area contributed by atoms with E-state index in [-0.39, 0.29) is 4.75 Å². The van der Waals surface area contributed by atoms with Crippen LogP contribution >= 0.6 is 11.8 Å². The van der Waals surface area contributed by atoms with Crippen molar-refractivity contribution in [3.63, 3.8) is 0 Å². The van der Waals surface area contributed by atoms with E-state index < -0.39 is 0 Å². The second-order valence-corrected chi connectivity index (χ2v) is 6.56. The standard InChI is InChI=1S/C14H31N3O2S/c1-6-15-13(17-12-14(2,3)20-5)16-8-7-9-19-11-10-18-4/h6-12H2,1-5H3,(H2,15,16,17). The van der Waals surface area contributed by atoms with E-state index in [2.05, 4.69) is 42.7 Å². The predicted molar refractivity (Wildman–Crippen MR) is 88.9 cm³/mol. The fraction of sp³-hybridized carbons (Fsp3) is 0.929. The molecule has 0 aliphatic rings. The van der Waals surface area contributed by atoms with Gasteiger partial charge in [-0.05, 0) is 33.4 Å². The Morgan fingerprint density at radius 1 is 1.20 bits per heavy atom. The van der Waals surface area contributed by atoms with Crippen molar-refractivity contribution in [1.29, 1.82) is 0 Å². The number of guanidine groups is 1. The Kier molecular flexibility index (Phi) is 12.0. The first kappa shape index (κ1) is 19.5. The maximum Gasteiger partial charge on any atom is 0.191 e. The number of ether oxygens (including phenoxy) is 2. The Morgan fingerprint density at radius 3 is 2.55 bits per heavy atom. The van der Waals surface area contributed by atoms with E-state index in [0.29, 0.717) is 13.2 Å². The topological polar surface area (TPSA) is 54.9 Å². The van der Waals surface area contributed by atoms with Crippen molar-refractivity contribution in [3.05, 3.63) is 0 Å². The van der Waals surface area contributed by atoms with Crippen LogP contribution in [0.5, 0.6) is 0 Å². The van der Waals surface area contributed by atoms with Gasteiger partial charge >= 0.3 is 0 Å². The summed E-state index contributed by atoms with van der Waals surface area (Å²) in [6.45, 7) is 11.1. The first-order valence-electron chi connectivity index (χ1n) is 7.19. The lowest BCUT2D eigenvalue weighted by atomic mass is 10.2. The van der Waals surface area contributed by atoms with Crippen molar-refractivity contribution in [1.82, 2.24) is 10.6 Å². The number of methoxy groups -OCH3 is 1. The Labute approximate surface area is 128 Å². The van der Waals surface area contributed by atoms with Gasteiger partial charge in [-0.2, -0.15) is 11.8 Å². The second kappa shape index (κ2) is 12.3. The van der Waals surface area contributed by atoms with Gasteiger partial charge < -0.3 is 20.1 Å². The van der Waals surface area contributed by atoms with Crippen molar-refractivity contribution in [2.45, 2.75) is 31.9 Å². The van der Waals surface area contributed by atoms with Crippen LogP contribution in [0.25, 0.3) is 0 Å². The smallest absolute Gasteiger partial charge is 0.191 e. The third-order valence-corrected chi connectivity index (χ3v) is 3.94. The van der Waals surface area contributed by atoms with Crippen LogP contribution in [0.15, 0.2) is 4.99 Å². The SMILES string of the molecule is CCNC(=NCC(C)(C)SC)NCCCOCCOC. The quantitative estimate of drug-likeness (QED) is 0.346. The van der Waals surface area contributed by atoms with E-state index in [9.17, 15) is 0 Å². The number of thioether (sulfide) groups is 1. The molecule has 2 N–H and O–H groups in total. The molecule has 0 unspecified atom stereocenters. The molecule has 0 radical (unpaired) electrons. The zero-order valence-electron chi connectivity index (χ0n) is 13.6. The molecule has 0 atom stereocenters. The fourth-order valence-electron chi connectivity index (χ4n) is 1.30. The Hall–Kier alpha value is -0.460. The number of rotatable bonds is 11. The van der Waals surface area contributed by atoms with E-state index in [1.165, 1.54) is 0 Å². The molecule has 0 heterocycles. The maximum atomic E-state index is 5.42. The molecular formula is C14H31N3O2S. The van der Waals surface area contributed by atoms with Crippen molar-refractivity contribution < 1.29 is 9.47 Å². The molecule has 0 rings (SSSR count). The number of aliphatic imine (C=N–C) groups is 1. The van der Waals surface area contributed by atoms with Gasteiger partial charge in [-0.25, -0.2) is 0 Å². The molecule has 0 amide bonds. The lowest BCUT2D eigenvalue weighted by molar-refractivity contribution is 0.0698. The summed E-state index contributed by atoms with van der Waals surface area (Å²) in [5.74, 6) is 0.881. The summed E-state index contributed by atoms with van der Waals surface area (Å²) in [6, 6.07) is 0. The Morgan fingerprint density at radius 2 is 1.95 bits per heavy atom. The average molecular weight is 305 g/mol. The monoisotopic (exact) mass is 305 g/mol. The average Bonchev–Trinajstić information content (AvgIpc) is 2.43. The Balaban J connectivity index is 3.87. The van der Waals surface area contributed by atoms with E-state index in [4.69, 9.17) is 9.47 Å². The van der Waals surface area contributed by atoms with Crippen molar-refractivity contribution in [2.75, 3.05) is 52.8 Å². The highest BCUT2D eigenvalue weighted by Crippen LogP contribution is 2.20.